The molecule has 1 saturated heterocycles. The lowest BCUT2D eigenvalue weighted by molar-refractivity contribution is 0.144. The molecule has 1 N–H and O–H groups in total. The van der Waals surface area contributed by atoms with Crippen molar-refractivity contribution in [3.05, 3.63) is 29.3 Å². The summed E-state index contributed by atoms with van der Waals surface area (Å²) in [6.45, 7) is 9.84. The molecule has 5 heteroatoms. The van der Waals surface area contributed by atoms with Crippen molar-refractivity contribution in [2.24, 2.45) is 0 Å². The molecule has 0 unspecified atom stereocenters. The van der Waals surface area contributed by atoms with E-state index in [1.165, 1.54) is 6.42 Å². The average Bonchev–Trinajstić information content (AvgIpc) is 2.51. The van der Waals surface area contributed by atoms with Crippen LogP contribution in [-0.2, 0) is 0 Å². The van der Waals surface area contributed by atoms with Gasteiger partial charge >= 0.3 is 6.03 Å². The summed E-state index contributed by atoms with van der Waals surface area (Å²) < 4.78 is 0. The van der Waals surface area contributed by atoms with Gasteiger partial charge in [-0.15, -0.1) is 0 Å². The Morgan fingerprint density at radius 3 is 2.52 bits per heavy atom. The number of rotatable bonds is 5. The highest BCUT2D eigenvalue weighted by atomic mass is 16.2. The first-order valence-corrected chi connectivity index (χ1v) is 8.46. The molecular weight excluding hydrogens is 288 g/mol. The van der Waals surface area contributed by atoms with Crippen LogP contribution in [0.2, 0.25) is 0 Å². The van der Waals surface area contributed by atoms with Crippen LogP contribution in [0.1, 0.15) is 17.5 Å². The van der Waals surface area contributed by atoms with Gasteiger partial charge in [0.25, 0.3) is 0 Å². The zero-order valence-electron chi connectivity index (χ0n) is 14.9. The standard InChI is InChI=1S/C18H30N4O/c1-15-6-7-16(2)17(14-15)19-18(23)22-12-10-21(11-13-22)9-5-8-20(3)4/h6-7,14H,5,8-13H2,1-4H3,(H,19,23). The summed E-state index contributed by atoms with van der Waals surface area (Å²) in [6, 6.07) is 6.17. The molecule has 1 aliphatic rings. The SMILES string of the molecule is Cc1ccc(C)c(NC(=O)N2CCN(CCCN(C)C)CC2)c1. The molecule has 128 valence electrons. The maximum Gasteiger partial charge on any atom is 0.321 e. The molecule has 0 saturated carbocycles. The average molecular weight is 318 g/mol. The third kappa shape index (κ3) is 5.52. The third-order valence-corrected chi connectivity index (χ3v) is 4.37. The minimum absolute atomic E-state index is 0.0200. The van der Waals surface area contributed by atoms with Crippen LogP contribution in [0.15, 0.2) is 18.2 Å². The largest absolute Gasteiger partial charge is 0.322 e. The lowest BCUT2D eigenvalue weighted by atomic mass is 10.1. The predicted octanol–water partition coefficient (Wildman–Crippen LogP) is 2.40. The first-order chi connectivity index (χ1) is 11.0. The molecule has 1 fully saturated rings. The monoisotopic (exact) mass is 318 g/mol. The molecule has 5 nitrogen and oxygen atoms in total. The topological polar surface area (TPSA) is 38.8 Å². The van der Waals surface area contributed by atoms with Crippen LogP contribution in [-0.4, -0.2) is 74.1 Å². The number of anilines is 1. The van der Waals surface area contributed by atoms with Gasteiger partial charge in [-0.2, -0.15) is 0 Å². The molecule has 1 aromatic rings. The smallest absolute Gasteiger partial charge is 0.321 e. The van der Waals surface area contributed by atoms with Crippen LogP contribution >= 0.6 is 0 Å². The summed E-state index contributed by atoms with van der Waals surface area (Å²) in [5.41, 5.74) is 3.19. The first-order valence-electron chi connectivity index (χ1n) is 8.46. The number of benzene rings is 1. The number of urea groups is 1. The van der Waals surface area contributed by atoms with Gasteiger partial charge in [-0.1, -0.05) is 12.1 Å². The number of nitrogens with one attached hydrogen (secondary N) is 1. The van der Waals surface area contributed by atoms with Crippen molar-refractivity contribution in [3.8, 4) is 0 Å². The van der Waals surface area contributed by atoms with Gasteiger partial charge in [0.05, 0.1) is 0 Å². The van der Waals surface area contributed by atoms with Gasteiger partial charge in [0.2, 0.25) is 0 Å². The van der Waals surface area contributed by atoms with Gasteiger partial charge in [-0.05, 0) is 64.6 Å². The molecule has 0 spiro atoms. The van der Waals surface area contributed by atoms with E-state index >= 15 is 0 Å². The van der Waals surface area contributed by atoms with Crippen molar-refractivity contribution in [1.29, 1.82) is 0 Å². The molecule has 1 aliphatic heterocycles. The van der Waals surface area contributed by atoms with Crippen molar-refractivity contribution >= 4 is 11.7 Å². The second-order valence-electron chi connectivity index (χ2n) is 6.73. The minimum atomic E-state index is 0.0200. The van der Waals surface area contributed by atoms with Crippen LogP contribution in [0, 0.1) is 13.8 Å². The Balaban J connectivity index is 1.78. The Bertz CT molecular complexity index is 522. The van der Waals surface area contributed by atoms with Crippen molar-refractivity contribution < 1.29 is 4.79 Å². The van der Waals surface area contributed by atoms with E-state index in [-0.39, 0.29) is 6.03 Å². The van der Waals surface area contributed by atoms with Crippen LogP contribution < -0.4 is 5.32 Å². The van der Waals surface area contributed by atoms with E-state index in [1.54, 1.807) is 0 Å². The summed E-state index contributed by atoms with van der Waals surface area (Å²) in [4.78, 5) is 19.0. The van der Waals surface area contributed by atoms with Crippen LogP contribution in [0.5, 0.6) is 0 Å². The Morgan fingerprint density at radius 2 is 1.87 bits per heavy atom. The highest BCUT2D eigenvalue weighted by molar-refractivity contribution is 5.90. The van der Waals surface area contributed by atoms with Gasteiger partial charge in [0, 0.05) is 31.9 Å². The highest BCUT2D eigenvalue weighted by Gasteiger charge is 2.21. The van der Waals surface area contributed by atoms with E-state index in [2.05, 4.69) is 35.3 Å². The Hall–Kier alpha value is -1.59. The maximum atomic E-state index is 12.4. The zero-order chi connectivity index (χ0) is 16.8. The third-order valence-electron chi connectivity index (χ3n) is 4.37. The molecule has 1 heterocycles. The molecule has 0 bridgehead atoms. The second kappa shape index (κ2) is 8.31. The number of hydrogen-bond acceptors (Lipinski definition) is 3. The summed E-state index contributed by atoms with van der Waals surface area (Å²) in [5, 5.41) is 3.06. The van der Waals surface area contributed by atoms with Gasteiger partial charge in [-0.3, -0.25) is 4.90 Å². The van der Waals surface area contributed by atoms with E-state index in [0.717, 1.165) is 56.1 Å². The van der Waals surface area contributed by atoms with Crippen molar-refractivity contribution in [1.82, 2.24) is 14.7 Å². The second-order valence-corrected chi connectivity index (χ2v) is 6.73. The predicted molar refractivity (Wildman–Crippen MR) is 96.1 cm³/mol. The lowest BCUT2D eigenvalue weighted by Crippen LogP contribution is -2.50. The van der Waals surface area contributed by atoms with Crippen molar-refractivity contribution in [3.63, 3.8) is 0 Å². The molecule has 0 aromatic heterocycles. The quantitative estimate of drug-likeness (QED) is 0.906. The van der Waals surface area contributed by atoms with E-state index in [9.17, 15) is 4.79 Å². The number of aryl methyl sites for hydroxylation is 2. The number of piperazine rings is 1. The number of carbonyl (C=O) groups is 1. The van der Waals surface area contributed by atoms with Crippen LogP contribution in [0.25, 0.3) is 0 Å². The molecule has 0 aliphatic carbocycles. The summed E-state index contributed by atoms with van der Waals surface area (Å²) in [5.74, 6) is 0. The number of nitrogens with zero attached hydrogens (tertiary/aromatic N) is 3. The summed E-state index contributed by atoms with van der Waals surface area (Å²) in [6.07, 6.45) is 1.18. The van der Waals surface area contributed by atoms with Gasteiger partial charge in [0.15, 0.2) is 0 Å². The molecule has 1 aromatic carbocycles. The zero-order valence-corrected chi connectivity index (χ0v) is 14.9. The van der Waals surface area contributed by atoms with Crippen molar-refractivity contribution in [2.45, 2.75) is 20.3 Å². The maximum absolute atomic E-state index is 12.4. The molecular formula is C18H30N4O. The van der Waals surface area contributed by atoms with Crippen molar-refractivity contribution in [2.75, 3.05) is 58.7 Å². The fourth-order valence-electron chi connectivity index (χ4n) is 2.85. The van der Waals surface area contributed by atoms with Crippen LogP contribution in [0.4, 0.5) is 10.5 Å². The minimum Gasteiger partial charge on any atom is -0.322 e. The Labute approximate surface area is 140 Å². The molecule has 23 heavy (non-hydrogen) atoms. The summed E-state index contributed by atoms with van der Waals surface area (Å²) >= 11 is 0. The van der Waals surface area contributed by atoms with E-state index < -0.39 is 0 Å². The molecule has 2 amide bonds. The number of amides is 2. The van der Waals surface area contributed by atoms with Gasteiger partial charge < -0.3 is 15.1 Å². The Kier molecular flexibility index (Phi) is 6.42. The van der Waals surface area contributed by atoms with E-state index in [0.29, 0.717) is 0 Å². The highest BCUT2D eigenvalue weighted by Crippen LogP contribution is 2.17. The first kappa shape index (κ1) is 17.8. The lowest BCUT2D eigenvalue weighted by Gasteiger charge is -2.35. The normalized spacial score (nSPS) is 16.0. The fraction of sp³-hybridized carbons (Fsp3) is 0.611. The Morgan fingerprint density at radius 1 is 1.17 bits per heavy atom. The number of carbonyl (C=O) groups excluding carboxylic acids is 1. The molecule has 0 atom stereocenters. The summed E-state index contributed by atoms with van der Waals surface area (Å²) in [7, 11) is 4.21. The van der Waals surface area contributed by atoms with E-state index in [1.807, 2.05) is 30.9 Å². The van der Waals surface area contributed by atoms with Gasteiger partial charge in [0.1, 0.15) is 0 Å². The number of hydrogen-bond donors (Lipinski definition) is 1. The van der Waals surface area contributed by atoms with Crippen LogP contribution in [0.3, 0.4) is 0 Å². The van der Waals surface area contributed by atoms with E-state index in [4.69, 9.17) is 0 Å². The molecule has 0 radical (unpaired) electrons. The van der Waals surface area contributed by atoms with Gasteiger partial charge in [-0.25, -0.2) is 4.79 Å². The molecule has 2 rings (SSSR count). The fourth-order valence-corrected chi connectivity index (χ4v) is 2.85.